The van der Waals surface area contributed by atoms with Crippen LogP contribution in [0.25, 0.3) is 0 Å². The lowest BCUT2D eigenvalue weighted by atomic mass is 9.91. The van der Waals surface area contributed by atoms with E-state index in [2.05, 4.69) is 0 Å². The van der Waals surface area contributed by atoms with Gasteiger partial charge in [-0.3, -0.25) is 0 Å². The summed E-state index contributed by atoms with van der Waals surface area (Å²) in [5.41, 5.74) is 5.34. The normalized spacial score (nSPS) is 11.4. The Balaban J connectivity index is 3.53. The van der Waals surface area contributed by atoms with Crippen LogP contribution in [0.2, 0.25) is 0 Å². The van der Waals surface area contributed by atoms with E-state index in [1.165, 1.54) is 0 Å². The molecule has 0 unspecified atom stereocenters. The molecule has 0 aromatic carbocycles. The first-order chi connectivity index (χ1) is 3.62. The number of carbonyl (C=O) groups is 1. The quantitative estimate of drug-likeness (QED) is 0.546. The van der Waals surface area contributed by atoms with Crippen molar-refractivity contribution in [1.29, 1.82) is 0 Å². The van der Waals surface area contributed by atoms with Crippen molar-refractivity contribution in [2.45, 2.75) is 20.3 Å². The Morgan fingerprint density at radius 2 is 2.12 bits per heavy atom. The Morgan fingerprint density at radius 1 is 1.62 bits per heavy atom. The van der Waals surface area contributed by atoms with E-state index in [0.717, 1.165) is 6.29 Å². The molecule has 8 heavy (non-hydrogen) atoms. The van der Waals surface area contributed by atoms with Gasteiger partial charge in [-0.1, -0.05) is 13.8 Å². The molecule has 0 heterocycles. The first-order valence-electron chi connectivity index (χ1n) is 2.76. The van der Waals surface area contributed by atoms with Crippen molar-refractivity contribution in [3.63, 3.8) is 0 Å². The highest BCUT2D eigenvalue weighted by Gasteiger charge is 2.13. The van der Waals surface area contributed by atoms with Crippen LogP contribution in [-0.4, -0.2) is 12.8 Å². The van der Waals surface area contributed by atoms with Crippen LogP contribution in [0, 0.1) is 5.41 Å². The molecule has 0 fully saturated rings. The van der Waals surface area contributed by atoms with Crippen molar-refractivity contribution in [3.05, 3.63) is 0 Å². The zero-order valence-electron chi connectivity index (χ0n) is 5.48. The van der Waals surface area contributed by atoms with E-state index in [4.69, 9.17) is 5.73 Å². The van der Waals surface area contributed by atoms with Gasteiger partial charge in [0.15, 0.2) is 0 Å². The summed E-state index contributed by atoms with van der Waals surface area (Å²) in [5.74, 6) is 0. The van der Waals surface area contributed by atoms with Crippen molar-refractivity contribution in [1.82, 2.24) is 0 Å². The summed E-state index contributed by atoms with van der Waals surface area (Å²) in [4.78, 5) is 9.92. The largest absolute Gasteiger partial charge is 0.330 e. The Kier molecular flexibility index (Phi) is 2.69. The fourth-order valence-corrected chi connectivity index (χ4v) is 0.309. The van der Waals surface area contributed by atoms with Crippen LogP contribution in [0.5, 0.6) is 0 Å². The standard InChI is InChI=1S/C6H13NO/c1-6(2,5-7)3-4-8/h4H,3,5,7H2,1-2H3. The molecule has 0 aromatic heterocycles. The summed E-state index contributed by atoms with van der Waals surface area (Å²) in [6.45, 7) is 4.52. The lowest BCUT2D eigenvalue weighted by Crippen LogP contribution is -2.23. The van der Waals surface area contributed by atoms with E-state index in [1.54, 1.807) is 0 Å². The average Bonchev–Trinajstić information content (AvgIpc) is 1.67. The summed E-state index contributed by atoms with van der Waals surface area (Å²) in [7, 11) is 0. The molecule has 2 N–H and O–H groups in total. The van der Waals surface area contributed by atoms with Gasteiger partial charge < -0.3 is 10.5 Å². The van der Waals surface area contributed by atoms with Gasteiger partial charge in [0.25, 0.3) is 0 Å². The third kappa shape index (κ3) is 2.75. The first kappa shape index (κ1) is 7.63. The second-order valence-electron chi connectivity index (χ2n) is 2.74. The predicted molar refractivity (Wildman–Crippen MR) is 33.5 cm³/mol. The van der Waals surface area contributed by atoms with Crippen LogP contribution in [0.15, 0.2) is 0 Å². The molecule has 0 spiro atoms. The highest BCUT2D eigenvalue weighted by Crippen LogP contribution is 2.14. The van der Waals surface area contributed by atoms with Gasteiger partial charge >= 0.3 is 0 Å². The van der Waals surface area contributed by atoms with Crippen molar-refractivity contribution < 1.29 is 4.79 Å². The number of nitrogens with two attached hydrogens (primary N) is 1. The maximum absolute atomic E-state index is 9.92. The Bertz CT molecular complexity index is 78.6. The molecule has 2 heteroatoms. The molecule has 0 amide bonds. The molecule has 0 bridgehead atoms. The van der Waals surface area contributed by atoms with E-state index in [9.17, 15) is 4.79 Å². The van der Waals surface area contributed by atoms with Gasteiger partial charge in [-0.15, -0.1) is 0 Å². The smallest absolute Gasteiger partial charge is 0.120 e. The number of hydrogen-bond acceptors (Lipinski definition) is 2. The van der Waals surface area contributed by atoms with Crippen molar-refractivity contribution in [2.24, 2.45) is 11.1 Å². The lowest BCUT2D eigenvalue weighted by Gasteiger charge is -2.17. The van der Waals surface area contributed by atoms with Gasteiger partial charge in [0, 0.05) is 6.42 Å². The van der Waals surface area contributed by atoms with Crippen LogP contribution in [0.1, 0.15) is 20.3 Å². The maximum Gasteiger partial charge on any atom is 0.120 e. The van der Waals surface area contributed by atoms with Crippen LogP contribution >= 0.6 is 0 Å². The number of carbonyl (C=O) groups excluding carboxylic acids is 1. The molecule has 48 valence electrons. The molecule has 0 radical (unpaired) electrons. The van der Waals surface area contributed by atoms with E-state index < -0.39 is 0 Å². The molecule has 0 aliphatic heterocycles. The van der Waals surface area contributed by atoms with Gasteiger partial charge in [0.2, 0.25) is 0 Å². The van der Waals surface area contributed by atoms with E-state index >= 15 is 0 Å². The van der Waals surface area contributed by atoms with Gasteiger partial charge in [-0.25, -0.2) is 0 Å². The molecular formula is C6H13NO. The Hall–Kier alpha value is -0.370. The maximum atomic E-state index is 9.92. The molecule has 0 aliphatic rings. The highest BCUT2D eigenvalue weighted by molar-refractivity contribution is 5.50. The van der Waals surface area contributed by atoms with Crippen LogP contribution in [-0.2, 0) is 4.79 Å². The average molecular weight is 115 g/mol. The minimum absolute atomic E-state index is 0.00174. The van der Waals surface area contributed by atoms with Gasteiger partial charge in [-0.2, -0.15) is 0 Å². The second kappa shape index (κ2) is 2.82. The summed E-state index contributed by atoms with van der Waals surface area (Å²) >= 11 is 0. The van der Waals surface area contributed by atoms with Crippen molar-refractivity contribution >= 4 is 6.29 Å². The minimum atomic E-state index is 0.00174. The zero-order chi connectivity index (χ0) is 6.62. The fourth-order valence-electron chi connectivity index (χ4n) is 0.309. The topological polar surface area (TPSA) is 43.1 Å². The number of hydrogen-bond donors (Lipinski definition) is 1. The van der Waals surface area contributed by atoms with Crippen LogP contribution < -0.4 is 5.73 Å². The van der Waals surface area contributed by atoms with Gasteiger partial charge in [0.05, 0.1) is 0 Å². The molecule has 0 rings (SSSR count). The highest BCUT2D eigenvalue weighted by atomic mass is 16.1. The lowest BCUT2D eigenvalue weighted by molar-refractivity contribution is -0.109. The number of rotatable bonds is 3. The van der Waals surface area contributed by atoms with E-state index in [-0.39, 0.29) is 5.41 Å². The molecule has 0 saturated heterocycles. The van der Waals surface area contributed by atoms with Crippen molar-refractivity contribution in [3.8, 4) is 0 Å². The molecule has 0 aromatic rings. The molecule has 2 nitrogen and oxygen atoms in total. The third-order valence-electron chi connectivity index (χ3n) is 1.19. The SMILES string of the molecule is CC(C)(CN)CC=O. The second-order valence-corrected chi connectivity index (χ2v) is 2.74. The predicted octanol–water partition coefficient (Wildman–Crippen LogP) is 0.560. The summed E-state index contributed by atoms with van der Waals surface area (Å²) < 4.78 is 0. The zero-order valence-corrected chi connectivity index (χ0v) is 5.48. The number of aldehydes is 1. The Labute approximate surface area is 50.1 Å². The third-order valence-corrected chi connectivity index (χ3v) is 1.19. The van der Waals surface area contributed by atoms with Crippen LogP contribution in [0.3, 0.4) is 0 Å². The monoisotopic (exact) mass is 115 g/mol. The summed E-state index contributed by atoms with van der Waals surface area (Å²) in [6.07, 6.45) is 1.47. The van der Waals surface area contributed by atoms with Crippen LogP contribution in [0.4, 0.5) is 0 Å². The molecule has 0 atom stereocenters. The summed E-state index contributed by atoms with van der Waals surface area (Å²) in [6, 6.07) is 0. The Morgan fingerprint density at radius 3 is 2.25 bits per heavy atom. The fraction of sp³-hybridized carbons (Fsp3) is 0.833. The molecular weight excluding hydrogens is 102 g/mol. The van der Waals surface area contributed by atoms with E-state index in [0.29, 0.717) is 13.0 Å². The van der Waals surface area contributed by atoms with Gasteiger partial charge in [-0.05, 0) is 12.0 Å². The van der Waals surface area contributed by atoms with E-state index in [1.807, 2.05) is 13.8 Å². The molecule has 0 saturated carbocycles. The van der Waals surface area contributed by atoms with Gasteiger partial charge in [0.1, 0.15) is 6.29 Å². The minimum Gasteiger partial charge on any atom is -0.330 e. The summed E-state index contributed by atoms with van der Waals surface area (Å²) in [5, 5.41) is 0. The van der Waals surface area contributed by atoms with Crippen molar-refractivity contribution in [2.75, 3.05) is 6.54 Å². The molecule has 0 aliphatic carbocycles. The first-order valence-corrected chi connectivity index (χ1v) is 2.76.